The molecule has 0 aliphatic rings. The van der Waals surface area contributed by atoms with Crippen LogP contribution in [-0.2, 0) is 0 Å². The van der Waals surface area contributed by atoms with Crippen molar-refractivity contribution in [1.82, 2.24) is 9.97 Å². The van der Waals surface area contributed by atoms with Gasteiger partial charge in [0.15, 0.2) is 0 Å². The van der Waals surface area contributed by atoms with Gasteiger partial charge in [-0.05, 0) is 62.8 Å². The number of halogens is 1. The Kier molecular flexibility index (Phi) is 5.53. The number of hydrogen-bond donors (Lipinski definition) is 3. The summed E-state index contributed by atoms with van der Waals surface area (Å²) in [5.74, 6) is 0.461. The molecule has 3 aromatic rings. The fourth-order valence-electron chi connectivity index (χ4n) is 2.53. The van der Waals surface area contributed by atoms with Crippen molar-refractivity contribution < 1.29 is 0 Å². The molecule has 1 heterocycles. The number of guanidine groups is 1. The van der Waals surface area contributed by atoms with E-state index in [0.717, 1.165) is 33.4 Å². The summed E-state index contributed by atoms with van der Waals surface area (Å²) in [4.78, 5) is 13.0. The van der Waals surface area contributed by atoms with Gasteiger partial charge >= 0.3 is 0 Å². The van der Waals surface area contributed by atoms with Gasteiger partial charge in [-0.15, -0.1) is 0 Å². The molecule has 1 aromatic heterocycles. The van der Waals surface area contributed by atoms with Crippen LogP contribution in [0.4, 0.5) is 11.6 Å². The zero-order valence-corrected chi connectivity index (χ0v) is 16.7. The molecular formula is C19H19ClN6S. The zero-order valence-electron chi connectivity index (χ0n) is 15.2. The van der Waals surface area contributed by atoms with Crippen molar-refractivity contribution in [2.24, 2.45) is 10.7 Å². The molecule has 8 heteroatoms. The lowest BCUT2D eigenvalue weighted by Gasteiger charge is -2.09. The van der Waals surface area contributed by atoms with Crippen LogP contribution in [0, 0.1) is 20.8 Å². The Bertz CT molecular complexity index is 1060. The number of nitrogens with one attached hydrogen (secondary N) is 2. The molecule has 0 spiro atoms. The number of nitrogens with two attached hydrogens (primary N) is 1. The Balaban J connectivity index is 1.74. The molecule has 0 fully saturated rings. The molecule has 0 bridgehead atoms. The maximum atomic E-state index is 6.11. The summed E-state index contributed by atoms with van der Waals surface area (Å²) in [6.07, 6.45) is 0. The first-order chi connectivity index (χ1) is 12.8. The second-order valence-electron chi connectivity index (χ2n) is 6.17. The SMILES string of the molecule is Cc1ccc2nc(N/C(N)=N/C(=S)Nc3ccc(C)c(Cl)c3)nc(C)c2c1. The van der Waals surface area contributed by atoms with Gasteiger partial charge in [-0.2, -0.15) is 4.99 Å². The average Bonchev–Trinajstić information content (AvgIpc) is 2.58. The molecule has 4 N–H and O–H groups in total. The molecule has 0 atom stereocenters. The van der Waals surface area contributed by atoms with Gasteiger partial charge < -0.3 is 11.1 Å². The van der Waals surface area contributed by atoms with E-state index in [2.05, 4.69) is 31.7 Å². The summed E-state index contributed by atoms with van der Waals surface area (Å²) < 4.78 is 0. The van der Waals surface area contributed by atoms with Crippen molar-refractivity contribution in [3.63, 3.8) is 0 Å². The number of rotatable bonds is 2. The topological polar surface area (TPSA) is 88.2 Å². The Morgan fingerprint density at radius 3 is 2.59 bits per heavy atom. The van der Waals surface area contributed by atoms with E-state index in [0.29, 0.717) is 11.0 Å². The number of fused-ring (bicyclic) bond motifs is 1. The van der Waals surface area contributed by atoms with Gasteiger partial charge in [0.2, 0.25) is 17.0 Å². The minimum atomic E-state index is 0.0940. The molecule has 0 aliphatic heterocycles. The fraction of sp³-hybridized carbons (Fsp3) is 0.158. The Morgan fingerprint density at radius 2 is 1.85 bits per heavy atom. The van der Waals surface area contributed by atoms with Crippen molar-refractivity contribution in [1.29, 1.82) is 0 Å². The first-order valence-corrected chi connectivity index (χ1v) is 9.04. The highest BCUT2D eigenvalue weighted by Gasteiger charge is 2.07. The maximum absolute atomic E-state index is 6.11. The maximum Gasteiger partial charge on any atom is 0.230 e. The van der Waals surface area contributed by atoms with E-state index in [1.54, 1.807) is 6.07 Å². The fourth-order valence-corrected chi connectivity index (χ4v) is 2.92. The summed E-state index contributed by atoms with van der Waals surface area (Å²) in [7, 11) is 0. The minimum absolute atomic E-state index is 0.0940. The second-order valence-corrected chi connectivity index (χ2v) is 6.96. The van der Waals surface area contributed by atoms with Gasteiger partial charge in [0, 0.05) is 16.1 Å². The van der Waals surface area contributed by atoms with Crippen LogP contribution >= 0.6 is 23.8 Å². The first kappa shape index (κ1) is 19.0. The molecule has 0 saturated carbocycles. The summed E-state index contributed by atoms with van der Waals surface area (Å²) in [5, 5.41) is 7.70. The summed E-state index contributed by atoms with van der Waals surface area (Å²) in [6.45, 7) is 5.89. The second kappa shape index (κ2) is 7.85. The highest BCUT2D eigenvalue weighted by Crippen LogP contribution is 2.20. The third kappa shape index (κ3) is 4.69. The third-order valence-electron chi connectivity index (χ3n) is 3.93. The van der Waals surface area contributed by atoms with E-state index >= 15 is 0 Å². The molecule has 0 unspecified atom stereocenters. The number of aliphatic imine (C=N–C) groups is 1. The Morgan fingerprint density at radius 1 is 1.07 bits per heavy atom. The number of hydrogen-bond acceptors (Lipinski definition) is 3. The molecule has 0 saturated heterocycles. The van der Waals surface area contributed by atoms with Crippen LogP contribution in [0.1, 0.15) is 16.8 Å². The number of aromatic nitrogens is 2. The normalized spacial score (nSPS) is 11.5. The van der Waals surface area contributed by atoms with Crippen LogP contribution in [0.25, 0.3) is 10.9 Å². The van der Waals surface area contributed by atoms with E-state index in [-0.39, 0.29) is 11.1 Å². The van der Waals surface area contributed by atoms with Crippen molar-refractivity contribution >= 4 is 57.4 Å². The minimum Gasteiger partial charge on any atom is -0.369 e. The Hall–Kier alpha value is -2.77. The van der Waals surface area contributed by atoms with Crippen LogP contribution in [-0.4, -0.2) is 21.0 Å². The van der Waals surface area contributed by atoms with E-state index < -0.39 is 0 Å². The quantitative estimate of drug-likeness (QED) is 0.338. The standard InChI is InChI=1S/C19H19ClN6S/c1-10-4-7-16-14(8-10)12(3)22-18(24-16)25-17(21)26-19(27)23-13-6-5-11(2)15(20)9-13/h4-9H,1-3H3,(H4,21,22,23,24,25,26,27). The molecule has 27 heavy (non-hydrogen) atoms. The van der Waals surface area contributed by atoms with Crippen molar-refractivity contribution in [2.45, 2.75) is 20.8 Å². The van der Waals surface area contributed by atoms with Crippen LogP contribution in [0.3, 0.4) is 0 Å². The lowest BCUT2D eigenvalue weighted by atomic mass is 10.1. The summed E-state index contributed by atoms with van der Waals surface area (Å²) in [5.41, 5.74) is 10.5. The first-order valence-electron chi connectivity index (χ1n) is 8.25. The predicted molar refractivity (Wildman–Crippen MR) is 117 cm³/mol. The molecule has 3 rings (SSSR count). The van der Waals surface area contributed by atoms with E-state index in [1.807, 2.05) is 45.0 Å². The summed E-state index contributed by atoms with van der Waals surface area (Å²) in [6, 6.07) is 11.5. The molecule has 2 aromatic carbocycles. The van der Waals surface area contributed by atoms with Gasteiger partial charge in [-0.25, -0.2) is 9.97 Å². The molecule has 0 aliphatic carbocycles. The van der Waals surface area contributed by atoms with Gasteiger partial charge in [0.25, 0.3) is 0 Å². The van der Waals surface area contributed by atoms with Crippen molar-refractivity contribution in [2.75, 3.05) is 10.6 Å². The van der Waals surface area contributed by atoms with Gasteiger partial charge in [0.1, 0.15) is 0 Å². The van der Waals surface area contributed by atoms with Gasteiger partial charge in [0.05, 0.1) is 11.2 Å². The smallest absolute Gasteiger partial charge is 0.230 e. The largest absolute Gasteiger partial charge is 0.369 e. The number of anilines is 2. The van der Waals surface area contributed by atoms with Crippen molar-refractivity contribution in [3.05, 3.63) is 58.2 Å². The molecule has 6 nitrogen and oxygen atoms in total. The van der Waals surface area contributed by atoms with E-state index in [9.17, 15) is 0 Å². The zero-order chi connectivity index (χ0) is 19.6. The number of thiocarbonyl (C=S) groups is 1. The third-order valence-corrected chi connectivity index (χ3v) is 4.53. The average molecular weight is 399 g/mol. The lowest BCUT2D eigenvalue weighted by molar-refractivity contribution is 1.15. The summed E-state index contributed by atoms with van der Waals surface area (Å²) >= 11 is 11.3. The number of aryl methyl sites for hydroxylation is 3. The number of nitrogens with zero attached hydrogens (tertiary/aromatic N) is 3. The highest BCUT2D eigenvalue weighted by molar-refractivity contribution is 7.80. The Labute approximate surface area is 167 Å². The highest BCUT2D eigenvalue weighted by atomic mass is 35.5. The predicted octanol–water partition coefficient (Wildman–Crippen LogP) is 4.33. The molecule has 0 amide bonds. The monoisotopic (exact) mass is 398 g/mol. The lowest BCUT2D eigenvalue weighted by Crippen LogP contribution is -2.26. The van der Waals surface area contributed by atoms with Gasteiger partial charge in [-0.1, -0.05) is 29.3 Å². The van der Waals surface area contributed by atoms with Crippen LogP contribution in [0.2, 0.25) is 5.02 Å². The van der Waals surface area contributed by atoms with E-state index in [1.165, 1.54) is 0 Å². The van der Waals surface area contributed by atoms with E-state index in [4.69, 9.17) is 29.6 Å². The van der Waals surface area contributed by atoms with Crippen molar-refractivity contribution in [3.8, 4) is 0 Å². The van der Waals surface area contributed by atoms with Crippen LogP contribution < -0.4 is 16.4 Å². The van der Waals surface area contributed by atoms with Crippen LogP contribution in [0.15, 0.2) is 41.4 Å². The van der Waals surface area contributed by atoms with Crippen LogP contribution in [0.5, 0.6) is 0 Å². The number of benzene rings is 2. The molecule has 138 valence electrons. The molecule has 0 radical (unpaired) electrons. The van der Waals surface area contributed by atoms with Gasteiger partial charge in [-0.3, -0.25) is 5.32 Å². The molecular weight excluding hydrogens is 380 g/mol.